The summed E-state index contributed by atoms with van der Waals surface area (Å²) < 4.78 is 13.5. The summed E-state index contributed by atoms with van der Waals surface area (Å²) in [6.07, 6.45) is 3.99. The Morgan fingerprint density at radius 1 is 1.38 bits per heavy atom. The van der Waals surface area contributed by atoms with Crippen molar-refractivity contribution in [1.82, 2.24) is 20.1 Å². The van der Waals surface area contributed by atoms with Gasteiger partial charge in [-0.2, -0.15) is 0 Å². The number of aliphatic imine (C=N–C) groups is 1. The SMILES string of the molecule is CCN(CC)C1CCN(C(=NC)NCCc2c[nH]c3ccc(F)cc23)C1. The van der Waals surface area contributed by atoms with Crippen molar-refractivity contribution >= 4 is 16.9 Å². The number of rotatable bonds is 6. The molecule has 1 aromatic heterocycles. The number of hydrogen-bond acceptors (Lipinski definition) is 2. The highest BCUT2D eigenvalue weighted by Gasteiger charge is 2.27. The first-order valence-corrected chi connectivity index (χ1v) is 9.61. The van der Waals surface area contributed by atoms with Crippen molar-refractivity contribution in [2.75, 3.05) is 39.8 Å². The minimum Gasteiger partial charge on any atom is -0.361 e. The van der Waals surface area contributed by atoms with Gasteiger partial charge in [-0.25, -0.2) is 4.39 Å². The van der Waals surface area contributed by atoms with Crippen LogP contribution in [0.4, 0.5) is 4.39 Å². The van der Waals surface area contributed by atoms with Gasteiger partial charge in [0.1, 0.15) is 5.82 Å². The van der Waals surface area contributed by atoms with Crippen molar-refractivity contribution < 1.29 is 4.39 Å². The molecule has 1 aromatic carbocycles. The molecule has 0 aliphatic carbocycles. The number of fused-ring (bicyclic) bond motifs is 1. The lowest BCUT2D eigenvalue weighted by Gasteiger charge is -2.27. The van der Waals surface area contributed by atoms with E-state index in [0.717, 1.165) is 61.6 Å². The first kappa shape index (κ1) is 18.7. The van der Waals surface area contributed by atoms with Crippen LogP contribution in [-0.2, 0) is 6.42 Å². The molecule has 6 heteroatoms. The largest absolute Gasteiger partial charge is 0.361 e. The zero-order valence-electron chi connectivity index (χ0n) is 16.1. The van der Waals surface area contributed by atoms with Crippen LogP contribution in [0.1, 0.15) is 25.8 Å². The van der Waals surface area contributed by atoms with Gasteiger partial charge in [-0.05, 0) is 49.7 Å². The Labute approximate surface area is 155 Å². The van der Waals surface area contributed by atoms with Gasteiger partial charge >= 0.3 is 0 Å². The van der Waals surface area contributed by atoms with Crippen molar-refractivity contribution in [3.63, 3.8) is 0 Å². The second kappa shape index (κ2) is 8.54. The van der Waals surface area contributed by atoms with Crippen LogP contribution in [-0.4, -0.2) is 66.6 Å². The highest BCUT2D eigenvalue weighted by molar-refractivity contribution is 5.83. The highest BCUT2D eigenvalue weighted by Crippen LogP contribution is 2.20. The van der Waals surface area contributed by atoms with Gasteiger partial charge in [0, 0.05) is 49.8 Å². The van der Waals surface area contributed by atoms with Crippen LogP contribution in [0.5, 0.6) is 0 Å². The fraction of sp³-hybridized carbons (Fsp3) is 0.550. The Kier molecular flexibility index (Phi) is 6.14. The molecule has 0 bridgehead atoms. The predicted molar refractivity (Wildman–Crippen MR) is 106 cm³/mol. The van der Waals surface area contributed by atoms with E-state index in [2.05, 4.69) is 38.9 Å². The first-order valence-electron chi connectivity index (χ1n) is 9.61. The molecule has 26 heavy (non-hydrogen) atoms. The summed E-state index contributed by atoms with van der Waals surface area (Å²) in [5.41, 5.74) is 2.11. The van der Waals surface area contributed by atoms with Gasteiger partial charge in [0.2, 0.25) is 0 Å². The zero-order valence-corrected chi connectivity index (χ0v) is 16.1. The van der Waals surface area contributed by atoms with E-state index in [9.17, 15) is 4.39 Å². The lowest BCUT2D eigenvalue weighted by atomic mass is 10.1. The maximum atomic E-state index is 13.5. The van der Waals surface area contributed by atoms with Crippen LogP contribution in [0.2, 0.25) is 0 Å². The molecule has 0 amide bonds. The average Bonchev–Trinajstić information content (AvgIpc) is 3.27. The van der Waals surface area contributed by atoms with E-state index >= 15 is 0 Å². The fourth-order valence-corrected chi connectivity index (χ4v) is 3.97. The molecule has 1 atom stereocenters. The maximum Gasteiger partial charge on any atom is 0.193 e. The summed E-state index contributed by atoms with van der Waals surface area (Å²) in [5, 5.41) is 4.44. The van der Waals surface area contributed by atoms with Crippen molar-refractivity contribution in [2.45, 2.75) is 32.7 Å². The van der Waals surface area contributed by atoms with Crippen LogP contribution in [0.3, 0.4) is 0 Å². The van der Waals surface area contributed by atoms with Crippen molar-refractivity contribution in [3.8, 4) is 0 Å². The highest BCUT2D eigenvalue weighted by atomic mass is 19.1. The van der Waals surface area contributed by atoms with Gasteiger partial charge in [-0.3, -0.25) is 9.89 Å². The summed E-state index contributed by atoms with van der Waals surface area (Å²) in [5.74, 6) is 0.771. The number of halogens is 1. The molecular formula is C20H30FN5. The van der Waals surface area contributed by atoms with E-state index in [0.29, 0.717) is 6.04 Å². The number of benzene rings is 1. The lowest BCUT2D eigenvalue weighted by Crippen LogP contribution is -2.43. The molecule has 1 fully saturated rings. The smallest absolute Gasteiger partial charge is 0.193 e. The molecule has 3 rings (SSSR count). The monoisotopic (exact) mass is 359 g/mol. The molecule has 1 unspecified atom stereocenters. The Hall–Kier alpha value is -2.08. The molecule has 5 nitrogen and oxygen atoms in total. The third kappa shape index (κ3) is 4.01. The summed E-state index contributed by atoms with van der Waals surface area (Å²) in [7, 11) is 1.84. The second-order valence-corrected chi connectivity index (χ2v) is 6.84. The van der Waals surface area contributed by atoms with E-state index in [1.165, 1.54) is 12.5 Å². The Morgan fingerprint density at radius 3 is 2.92 bits per heavy atom. The van der Waals surface area contributed by atoms with E-state index in [4.69, 9.17) is 0 Å². The molecule has 1 saturated heterocycles. The number of likely N-dealkylation sites (tertiary alicyclic amines) is 1. The van der Waals surface area contributed by atoms with Gasteiger partial charge in [0.15, 0.2) is 5.96 Å². The average molecular weight is 359 g/mol. The number of hydrogen-bond donors (Lipinski definition) is 2. The standard InChI is InChI=1S/C20H30FN5/c1-4-25(5-2)17-9-11-26(14-17)20(22-3)23-10-8-15-13-24-19-7-6-16(21)12-18(15)19/h6-7,12-13,17,24H,4-5,8-11,14H2,1-3H3,(H,22,23). The maximum absolute atomic E-state index is 13.5. The number of nitrogens with one attached hydrogen (secondary N) is 2. The van der Waals surface area contributed by atoms with Gasteiger partial charge in [-0.15, -0.1) is 0 Å². The van der Waals surface area contributed by atoms with Crippen LogP contribution >= 0.6 is 0 Å². The summed E-state index contributed by atoms with van der Waals surface area (Å²) >= 11 is 0. The van der Waals surface area contributed by atoms with Crippen LogP contribution in [0.25, 0.3) is 10.9 Å². The number of nitrogens with zero attached hydrogens (tertiary/aromatic N) is 3. The van der Waals surface area contributed by atoms with Crippen molar-refractivity contribution in [1.29, 1.82) is 0 Å². The van der Waals surface area contributed by atoms with E-state index < -0.39 is 0 Å². The number of H-pyrrole nitrogens is 1. The topological polar surface area (TPSA) is 46.7 Å². The number of aromatic amines is 1. The van der Waals surface area contributed by atoms with E-state index in [-0.39, 0.29) is 5.82 Å². The van der Waals surface area contributed by atoms with Crippen LogP contribution < -0.4 is 5.32 Å². The van der Waals surface area contributed by atoms with Crippen LogP contribution in [0.15, 0.2) is 29.4 Å². The third-order valence-electron chi connectivity index (χ3n) is 5.41. The second-order valence-electron chi connectivity index (χ2n) is 6.84. The van der Waals surface area contributed by atoms with Gasteiger partial charge < -0.3 is 15.2 Å². The summed E-state index contributed by atoms with van der Waals surface area (Å²) in [4.78, 5) is 12.5. The van der Waals surface area contributed by atoms with E-state index in [1.807, 2.05) is 13.2 Å². The third-order valence-corrected chi connectivity index (χ3v) is 5.41. The van der Waals surface area contributed by atoms with Crippen molar-refractivity contribution in [2.24, 2.45) is 4.99 Å². The van der Waals surface area contributed by atoms with Gasteiger partial charge in [-0.1, -0.05) is 13.8 Å². The molecule has 0 spiro atoms. The molecule has 2 heterocycles. The summed E-state index contributed by atoms with van der Waals surface area (Å²) in [6.45, 7) is 9.49. The quantitative estimate of drug-likeness (QED) is 0.616. The van der Waals surface area contributed by atoms with Gasteiger partial charge in [0.05, 0.1) is 0 Å². The van der Waals surface area contributed by atoms with Gasteiger partial charge in [0.25, 0.3) is 0 Å². The Balaban J connectivity index is 1.55. The number of likely N-dealkylation sites (N-methyl/N-ethyl adjacent to an activating group) is 1. The number of guanidine groups is 1. The summed E-state index contributed by atoms with van der Waals surface area (Å²) in [6, 6.07) is 5.49. The first-order chi connectivity index (χ1) is 12.7. The molecule has 142 valence electrons. The molecule has 0 radical (unpaired) electrons. The Bertz CT molecular complexity index is 750. The predicted octanol–water partition coefficient (Wildman–Crippen LogP) is 2.84. The van der Waals surface area contributed by atoms with Crippen LogP contribution in [0, 0.1) is 5.82 Å². The molecule has 2 N–H and O–H groups in total. The fourth-order valence-electron chi connectivity index (χ4n) is 3.97. The lowest BCUT2D eigenvalue weighted by molar-refractivity contribution is 0.223. The molecule has 1 aliphatic rings. The minimum atomic E-state index is -0.193. The zero-order chi connectivity index (χ0) is 18.5. The Morgan fingerprint density at radius 2 is 2.19 bits per heavy atom. The minimum absolute atomic E-state index is 0.193. The molecular weight excluding hydrogens is 329 g/mol. The molecule has 0 saturated carbocycles. The number of aromatic nitrogens is 1. The molecule has 1 aliphatic heterocycles. The molecule has 2 aromatic rings. The van der Waals surface area contributed by atoms with E-state index in [1.54, 1.807) is 12.1 Å². The van der Waals surface area contributed by atoms with Crippen molar-refractivity contribution in [3.05, 3.63) is 35.8 Å². The normalized spacial score (nSPS) is 18.3.